The van der Waals surface area contributed by atoms with Crippen LogP contribution in [0.5, 0.6) is 5.75 Å². The third-order valence-electron chi connectivity index (χ3n) is 3.11. The molecule has 0 amide bonds. The Morgan fingerprint density at radius 2 is 2.10 bits per heavy atom. The van der Waals surface area contributed by atoms with Gasteiger partial charge in [-0.1, -0.05) is 6.07 Å². The van der Waals surface area contributed by atoms with E-state index in [2.05, 4.69) is 26.3 Å². The van der Waals surface area contributed by atoms with Gasteiger partial charge in [0.15, 0.2) is 17.4 Å². The molecule has 0 aliphatic rings. The number of hydrogen-bond acceptors (Lipinski definition) is 3. The van der Waals surface area contributed by atoms with Crippen LogP contribution in [0.1, 0.15) is 17.3 Å². The highest BCUT2D eigenvalue weighted by atomic mass is 79.9. The van der Waals surface area contributed by atoms with Crippen molar-refractivity contribution < 1.29 is 13.5 Å². The first-order chi connectivity index (χ1) is 9.51. The van der Waals surface area contributed by atoms with Gasteiger partial charge in [0.1, 0.15) is 5.69 Å². The molecule has 0 aliphatic heterocycles. The second-order valence-corrected chi connectivity index (χ2v) is 5.00. The van der Waals surface area contributed by atoms with Gasteiger partial charge >= 0.3 is 0 Å². The predicted octanol–water partition coefficient (Wildman–Crippen LogP) is 2.78. The van der Waals surface area contributed by atoms with Crippen molar-refractivity contribution in [2.75, 3.05) is 14.2 Å². The summed E-state index contributed by atoms with van der Waals surface area (Å²) in [7, 11) is 5.02. The van der Waals surface area contributed by atoms with Crippen LogP contribution in [0.25, 0.3) is 0 Å². The van der Waals surface area contributed by atoms with E-state index in [-0.39, 0.29) is 10.5 Å². The van der Waals surface area contributed by atoms with Gasteiger partial charge in [-0.05, 0) is 34.6 Å². The minimum Gasteiger partial charge on any atom is -0.493 e. The third-order valence-corrected chi connectivity index (χ3v) is 3.91. The van der Waals surface area contributed by atoms with Crippen LogP contribution in [0.2, 0.25) is 0 Å². The fraction of sp³-hybridized carbons (Fsp3) is 0.308. The van der Waals surface area contributed by atoms with Crippen LogP contribution in [0.15, 0.2) is 22.8 Å². The molecule has 1 unspecified atom stereocenters. The van der Waals surface area contributed by atoms with Crippen LogP contribution < -0.4 is 10.1 Å². The molecule has 4 nitrogen and oxygen atoms in total. The summed E-state index contributed by atoms with van der Waals surface area (Å²) in [6, 6.07) is 2.24. The molecular formula is C13H14BrF2N3O. The Morgan fingerprint density at radius 3 is 2.70 bits per heavy atom. The van der Waals surface area contributed by atoms with Gasteiger partial charge in [0.05, 0.1) is 23.8 Å². The first-order valence-corrected chi connectivity index (χ1v) is 6.67. The number of halogens is 3. The molecule has 0 aliphatic carbocycles. The summed E-state index contributed by atoms with van der Waals surface area (Å²) in [6.45, 7) is 0. The van der Waals surface area contributed by atoms with E-state index in [1.807, 2.05) is 0 Å². The molecule has 1 heterocycles. The lowest BCUT2D eigenvalue weighted by Gasteiger charge is -2.20. The van der Waals surface area contributed by atoms with Gasteiger partial charge in [-0.2, -0.15) is 5.10 Å². The van der Waals surface area contributed by atoms with Crippen LogP contribution in [0.4, 0.5) is 8.78 Å². The fourth-order valence-corrected chi connectivity index (χ4v) is 2.67. The van der Waals surface area contributed by atoms with E-state index in [0.717, 1.165) is 11.8 Å². The van der Waals surface area contributed by atoms with E-state index >= 15 is 0 Å². The largest absolute Gasteiger partial charge is 0.493 e. The number of methoxy groups -OCH3 is 1. The van der Waals surface area contributed by atoms with Crippen LogP contribution in [0.3, 0.4) is 0 Å². The molecule has 0 saturated heterocycles. The van der Waals surface area contributed by atoms with Crippen LogP contribution in [-0.4, -0.2) is 23.9 Å². The van der Waals surface area contributed by atoms with E-state index < -0.39 is 11.6 Å². The van der Waals surface area contributed by atoms with Crippen molar-refractivity contribution in [2.45, 2.75) is 6.04 Å². The molecule has 0 bridgehead atoms. The van der Waals surface area contributed by atoms with Gasteiger partial charge in [0, 0.05) is 7.05 Å². The zero-order valence-electron chi connectivity index (χ0n) is 11.2. The predicted molar refractivity (Wildman–Crippen MR) is 74.7 cm³/mol. The maximum Gasteiger partial charge on any atom is 0.173 e. The lowest BCUT2D eigenvalue weighted by molar-refractivity contribution is 0.402. The molecule has 0 radical (unpaired) electrons. The summed E-state index contributed by atoms with van der Waals surface area (Å²) in [5.41, 5.74) is 1.29. The molecule has 1 N–H and O–H groups in total. The van der Waals surface area contributed by atoms with Gasteiger partial charge < -0.3 is 10.1 Å². The van der Waals surface area contributed by atoms with E-state index in [0.29, 0.717) is 11.3 Å². The highest BCUT2D eigenvalue weighted by molar-refractivity contribution is 9.10. The number of nitrogens with one attached hydrogen (secondary N) is 1. The molecule has 2 rings (SSSR count). The second-order valence-electron chi connectivity index (χ2n) is 4.21. The number of ether oxygens (including phenoxy) is 1. The molecule has 7 heteroatoms. The fourth-order valence-electron chi connectivity index (χ4n) is 2.12. The van der Waals surface area contributed by atoms with E-state index in [1.165, 1.54) is 13.2 Å². The maximum atomic E-state index is 13.7. The van der Waals surface area contributed by atoms with E-state index in [9.17, 15) is 8.78 Å². The molecule has 2 aromatic rings. The SMILES string of the molecule is CNC(c1ccc(F)c(F)c1Br)c1c(OC)cnn1C. The highest BCUT2D eigenvalue weighted by Gasteiger charge is 2.25. The Balaban J connectivity index is 2.58. The standard InChI is InChI=1S/C13H14BrF2N3O/c1-17-12(13-9(20-3)6-18-19(13)2)7-4-5-8(15)11(16)10(7)14/h4-6,12,17H,1-3H3. The molecule has 0 saturated carbocycles. The molecule has 108 valence electrons. The summed E-state index contributed by atoms with van der Waals surface area (Å²) in [6.07, 6.45) is 1.58. The summed E-state index contributed by atoms with van der Waals surface area (Å²) >= 11 is 3.10. The van der Waals surface area contributed by atoms with E-state index in [1.54, 1.807) is 25.0 Å². The number of aromatic nitrogens is 2. The molecule has 0 spiro atoms. The van der Waals surface area contributed by atoms with Crippen LogP contribution >= 0.6 is 15.9 Å². The lowest BCUT2D eigenvalue weighted by atomic mass is 10.0. The Bertz CT molecular complexity index is 630. The van der Waals surface area contributed by atoms with Crippen LogP contribution in [-0.2, 0) is 7.05 Å². The molecule has 20 heavy (non-hydrogen) atoms. The zero-order valence-corrected chi connectivity index (χ0v) is 12.8. The number of nitrogens with zero attached hydrogens (tertiary/aromatic N) is 2. The Kier molecular flexibility index (Phi) is 4.39. The molecule has 1 atom stereocenters. The number of aryl methyl sites for hydroxylation is 1. The number of rotatable bonds is 4. The van der Waals surface area contributed by atoms with Gasteiger partial charge in [-0.15, -0.1) is 0 Å². The van der Waals surface area contributed by atoms with Crippen molar-refractivity contribution in [3.05, 3.63) is 45.7 Å². The third kappa shape index (κ3) is 2.43. The first-order valence-electron chi connectivity index (χ1n) is 5.87. The Labute approximate surface area is 123 Å². The Hall–Kier alpha value is -1.47. The average molecular weight is 346 g/mol. The molecular weight excluding hydrogens is 332 g/mol. The Morgan fingerprint density at radius 1 is 1.40 bits per heavy atom. The van der Waals surface area contributed by atoms with Gasteiger partial charge in [-0.3, -0.25) is 4.68 Å². The highest BCUT2D eigenvalue weighted by Crippen LogP contribution is 2.34. The molecule has 0 fully saturated rings. The minimum atomic E-state index is -0.913. The first kappa shape index (κ1) is 14.9. The number of hydrogen-bond donors (Lipinski definition) is 1. The maximum absolute atomic E-state index is 13.7. The normalized spacial score (nSPS) is 12.5. The molecule has 1 aromatic heterocycles. The lowest BCUT2D eigenvalue weighted by Crippen LogP contribution is -2.22. The summed E-state index contributed by atoms with van der Waals surface area (Å²) in [5, 5.41) is 7.18. The summed E-state index contributed by atoms with van der Waals surface area (Å²) < 4.78 is 33.9. The summed E-state index contributed by atoms with van der Waals surface area (Å²) in [5.74, 6) is -1.24. The second kappa shape index (κ2) is 5.88. The average Bonchev–Trinajstić information content (AvgIpc) is 2.81. The quantitative estimate of drug-likeness (QED) is 0.866. The van der Waals surface area contributed by atoms with Crippen molar-refractivity contribution >= 4 is 15.9 Å². The number of benzene rings is 1. The topological polar surface area (TPSA) is 39.1 Å². The van der Waals surface area contributed by atoms with Crippen molar-refractivity contribution in [3.8, 4) is 5.75 Å². The van der Waals surface area contributed by atoms with Crippen LogP contribution in [0, 0.1) is 11.6 Å². The monoisotopic (exact) mass is 345 g/mol. The van der Waals surface area contributed by atoms with Gasteiger partial charge in [-0.25, -0.2) is 8.78 Å². The van der Waals surface area contributed by atoms with E-state index in [4.69, 9.17) is 4.74 Å². The zero-order chi connectivity index (χ0) is 14.9. The van der Waals surface area contributed by atoms with Crippen molar-refractivity contribution in [1.82, 2.24) is 15.1 Å². The summed E-state index contributed by atoms with van der Waals surface area (Å²) in [4.78, 5) is 0. The van der Waals surface area contributed by atoms with Gasteiger partial charge in [0.25, 0.3) is 0 Å². The smallest absolute Gasteiger partial charge is 0.173 e. The molecule has 1 aromatic carbocycles. The van der Waals surface area contributed by atoms with Gasteiger partial charge in [0.2, 0.25) is 0 Å². The van der Waals surface area contributed by atoms with Crippen molar-refractivity contribution in [1.29, 1.82) is 0 Å². The van der Waals surface area contributed by atoms with Crippen molar-refractivity contribution in [3.63, 3.8) is 0 Å². The van der Waals surface area contributed by atoms with Crippen molar-refractivity contribution in [2.24, 2.45) is 7.05 Å². The minimum absolute atomic E-state index is 0.0834.